The lowest BCUT2D eigenvalue weighted by molar-refractivity contribution is -0.263. The first-order valence-electron chi connectivity index (χ1n) is 10.3. The van der Waals surface area contributed by atoms with Gasteiger partial charge < -0.3 is 18.9 Å². The summed E-state index contributed by atoms with van der Waals surface area (Å²) in [7, 11) is -4.10. The number of esters is 3. The van der Waals surface area contributed by atoms with Gasteiger partial charge in [0.2, 0.25) is 6.29 Å². The van der Waals surface area contributed by atoms with E-state index < -0.39 is 50.3 Å². The minimum Gasteiger partial charge on any atom is -0.456 e. The lowest BCUT2D eigenvalue weighted by Crippen LogP contribution is -2.57. The summed E-state index contributed by atoms with van der Waals surface area (Å²) in [5.41, 5.74) is 0. The lowest BCUT2D eigenvalue weighted by atomic mass is 10.0. The number of ether oxygens (including phenoxy) is 4. The predicted octanol–water partition coefficient (Wildman–Crippen LogP) is 2.90. The summed E-state index contributed by atoms with van der Waals surface area (Å²) in [4.78, 5) is 34.8. The number of rotatable bonds is 13. The summed E-state index contributed by atoms with van der Waals surface area (Å²) < 4.78 is 50.6. The highest BCUT2D eigenvalue weighted by Crippen LogP contribution is 2.52. The Morgan fingerprint density at radius 3 is 1.77 bits per heavy atom. The molecule has 1 rings (SSSR count). The van der Waals surface area contributed by atoms with Crippen LogP contribution in [0.1, 0.15) is 60.3 Å². The van der Waals surface area contributed by atoms with E-state index in [1.165, 1.54) is 6.92 Å². The highest BCUT2D eigenvalue weighted by Gasteiger charge is 2.50. The van der Waals surface area contributed by atoms with Crippen molar-refractivity contribution >= 4 is 25.7 Å². The fraction of sp³-hybridized carbons (Fsp3) is 0.842. The van der Waals surface area contributed by atoms with Gasteiger partial charge in [-0.15, -0.1) is 0 Å². The Kier molecular flexibility index (Phi) is 12.2. The first kappa shape index (κ1) is 27.5. The predicted molar refractivity (Wildman–Crippen MR) is 107 cm³/mol. The minimum atomic E-state index is -4.10. The SMILES string of the molecule is CCCCOP(=O)(OCCCC)OC1OC[C@@H](OC(C)=O)[C@@H](OC(C)=O)[C@@H]1OC(C)=O. The van der Waals surface area contributed by atoms with Gasteiger partial charge in [0.25, 0.3) is 0 Å². The second-order valence-corrected chi connectivity index (χ2v) is 8.55. The molecule has 0 aromatic carbocycles. The standard InChI is InChI=1S/C19H33O11P/c1-6-8-10-25-31(23,26-11-9-7-2)30-19-18(29-15(5)22)17(28-14(4)21)16(12-24-19)27-13(3)20/h16-19H,6-12H2,1-5H3/t16-,17-,18+,19?/m1/s1. The van der Waals surface area contributed by atoms with Gasteiger partial charge in [-0.2, -0.15) is 0 Å². The molecule has 0 radical (unpaired) electrons. The zero-order valence-electron chi connectivity index (χ0n) is 18.7. The quantitative estimate of drug-likeness (QED) is 0.171. The third-order valence-electron chi connectivity index (χ3n) is 4.03. The molecule has 0 bridgehead atoms. The summed E-state index contributed by atoms with van der Waals surface area (Å²) in [6.45, 7) is 7.30. The summed E-state index contributed by atoms with van der Waals surface area (Å²) in [5, 5.41) is 0. The zero-order valence-corrected chi connectivity index (χ0v) is 19.6. The molecule has 31 heavy (non-hydrogen) atoms. The second kappa shape index (κ2) is 13.8. The Balaban J connectivity index is 3.12. The molecular weight excluding hydrogens is 435 g/mol. The van der Waals surface area contributed by atoms with Crippen molar-refractivity contribution < 1.29 is 51.5 Å². The van der Waals surface area contributed by atoms with Crippen LogP contribution < -0.4 is 0 Å². The number of hydrogen-bond acceptors (Lipinski definition) is 11. The van der Waals surface area contributed by atoms with Gasteiger partial charge in [0.1, 0.15) is 0 Å². The highest BCUT2D eigenvalue weighted by atomic mass is 31.2. The maximum absolute atomic E-state index is 13.2. The molecule has 12 heteroatoms. The number of phosphoric ester groups is 1. The lowest BCUT2D eigenvalue weighted by Gasteiger charge is -2.40. The largest absolute Gasteiger partial charge is 0.477 e. The minimum absolute atomic E-state index is 0.119. The average Bonchev–Trinajstić information content (AvgIpc) is 2.66. The van der Waals surface area contributed by atoms with Gasteiger partial charge in [-0.1, -0.05) is 26.7 Å². The molecule has 0 spiro atoms. The van der Waals surface area contributed by atoms with Crippen LogP contribution in [0.2, 0.25) is 0 Å². The van der Waals surface area contributed by atoms with Crippen LogP contribution in [0.25, 0.3) is 0 Å². The molecule has 1 unspecified atom stereocenters. The van der Waals surface area contributed by atoms with Crippen molar-refractivity contribution in [1.29, 1.82) is 0 Å². The van der Waals surface area contributed by atoms with Gasteiger partial charge in [-0.05, 0) is 12.8 Å². The number of carbonyl (C=O) groups is 3. The van der Waals surface area contributed by atoms with Crippen molar-refractivity contribution in [3.63, 3.8) is 0 Å². The topological polar surface area (TPSA) is 133 Å². The van der Waals surface area contributed by atoms with E-state index in [1.54, 1.807) is 0 Å². The molecule has 0 aliphatic carbocycles. The molecule has 1 heterocycles. The smallest absolute Gasteiger partial charge is 0.456 e. The van der Waals surface area contributed by atoms with Crippen LogP contribution in [0.3, 0.4) is 0 Å². The Morgan fingerprint density at radius 2 is 1.32 bits per heavy atom. The number of carbonyl (C=O) groups excluding carboxylic acids is 3. The van der Waals surface area contributed by atoms with Crippen molar-refractivity contribution in [2.45, 2.75) is 84.9 Å². The third-order valence-corrected chi connectivity index (χ3v) is 5.50. The van der Waals surface area contributed by atoms with Crippen LogP contribution in [0, 0.1) is 0 Å². The highest BCUT2D eigenvalue weighted by molar-refractivity contribution is 7.48. The molecule has 0 amide bonds. The van der Waals surface area contributed by atoms with Gasteiger partial charge in [-0.25, -0.2) is 4.57 Å². The van der Waals surface area contributed by atoms with Gasteiger partial charge in [0, 0.05) is 20.8 Å². The van der Waals surface area contributed by atoms with Crippen LogP contribution in [0.15, 0.2) is 0 Å². The molecule has 0 saturated carbocycles. The first-order valence-corrected chi connectivity index (χ1v) is 11.8. The fourth-order valence-electron chi connectivity index (χ4n) is 2.67. The maximum Gasteiger partial charge on any atom is 0.477 e. The van der Waals surface area contributed by atoms with Crippen LogP contribution in [0.5, 0.6) is 0 Å². The molecule has 0 aromatic rings. The molecule has 1 aliphatic rings. The summed E-state index contributed by atoms with van der Waals surface area (Å²) in [5.74, 6) is -2.10. The van der Waals surface area contributed by atoms with Crippen LogP contribution >= 0.6 is 7.82 Å². The van der Waals surface area contributed by atoms with Gasteiger partial charge in [-0.3, -0.25) is 28.0 Å². The average molecular weight is 468 g/mol. The third kappa shape index (κ3) is 10.1. The Morgan fingerprint density at radius 1 is 0.839 bits per heavy atom. The normalized spacial score (nSPS) is 23.8. The molecule has 0 aromatic heterocycles. The van der Waals surface area contributed by atoms with E-state index in [4.69, 9.17) is 32.5 Å². The van der Waals surface area contributed by atoms with E-state index in [9.17, 15) is 18.9 Å². The molecule has 4 atom stereocenters. The first-order chi connectivity index (χ1) is 14.6. The summed E-state index contributed by atoms with van der Waals surface area (Å²) >= 11 is 0. The molecule has 180 valence electrons. The van der Waals surface area contributed by atoms with Crippen molar-refractivity contribution in [2.75, 3.05) is 19.8 Å². The molecule has 1 fully saturated rings. The summed E-state index contributed by atoms with van der Waals surface area (Å²) in [6, 6.07) is 0. The molecular formula is C19H33O11P. The molecule has 1 saturated heterocycles. The second-order valence-electron chi connectivity index (χ2n) is 6.92. The van der Waals surface area contributed by atoms with Crippen LogP contribution in [-0.2, 0) is 51.5 Å². The molecule has 11 nitrogen and oxygen atoms in total. The van der Waals surface area contributed by atoms with Crippen molar-refractivity contribution in [3.8, 4) is 0 Å². The van der Waals surface area contributed by atoms with Gasteiger partial charge in [0.15, 0.2) is 18.3 Å². The zero-order chi connectivity index (χ0) is 23.4. The summed E-state index contributed by atoms with van der Waals surface area (Å²) in [6.07, 6.45) is -2.31. The van der Waals surface area contributed by atoms with Crippen molar-refractivity contribution in [1.82, 2.24) is 0 Å². The van der Waals surface area contributed by atoms with Crippen LogP contribution in [0.4, 0.5) is 0 Å². The van der Waals surface area contributed by atoms with Crippen molar-refractivity contribution in [3.05, 3.63) is 0 Å². The monoisotopic (exact) mass is 468 g/mol. The maximum atomic E-state index is 13.2. The van der Waals surface area contributed by atoms with E-state index >= 15 is 0 Å². The van der Waals surface area contributed by atoms with E-state index in [0.29, 0.717) is 12.8 Å². The number of unbranched alkanes of at least 4 members (excludes halogenated alkanes) is 2. The molecule has 0 N–H and O–H groups in total. The van der Waals surface area contributed by atoms with Crippen LogP contribution in [-0.4, -0.2) is 62.3 Å². The fourth-order valence-corrected chi connectivity index (χ4v) is 4.00. The number of hydrogen-bond donors (Lipinski definition) is 0. The van der Waals surface area contributed by atoms with Crippen molar-refractivity contribution in [2.24, 2.45) is 0 Å². The van der Waals surface area contributed by atoms with E-state index in [2.05, 4.69) is 0 Å². The Bertz CT molecular complexity index is 624. The van der Waals surface area contributed by atoms with E-state index in [-0.39, 0.29) is 19.8 Å². The van der Waals surface area contributed by atoms with Gasteiger partial charge >= 0.3 is 25.7 Å². The number of phosphoric acid groups is 1. The van der Waals surface area contributed by atoms with E-state index in [1.807, 2.05) is 13.8 Å². The van der Waals surface area contributed by atoms with E-state index in [0.717, 1.165) is 26.7 Å². The Hall–Kier alpha value is -1.52. The van der Waals surface area contributed by atoms with Gasteiger partial charge in [0.05, 0.1) is 19.8 Å². The Labute approximate surface area is 182 Å². The molecule has 1 aliphatic heterocycles.